The van der Waals surface area contributed by atoms with E-state index >= 15 is 0 Å². The van der Waals surface area contributed by atoms with Crippen molar-refractivity contribution in [2.45, 2.75) is 31.8 Å². The molecule has 1 atom stereocenters. The highest BCUT2D eigenvalue weighted by atomic mass is 16.6. The maximum absolute atomic E-state index is 5.09. The van der Waals surface area contributed by atoms with Gasteiger partial charge >= 0.3 is 0 Å². The largest absolute Gasteiger partial charge is 0.373 e. The molecule has 1 heterocycles. The Morgan fingerprint density at radius 1 is 1.25 bits per heavy atom. The Bertz CT molecular complexity index is 70.4. The van der Waals surface area contributed by atoms with Crippen molar-refractivity contribution in [3.05, 3.63) is 0 Å². The quantitative estimate of drug-likeness (QED) is 0.505. The van der Waals surface area contributed by atoms with E-state index in [9.17, 15) is 0 Å². The monoisotopic (exact) mass is 112 g/mol. The standard InChI is InChI=1S/C7H12O/c1-2-6(1)3-4-7-5-8-7/h6-7H,1-5H2. The van der Waals surface area contributed by atoms with Crippen LogP contribution in [-0.2, 0) is 4.74 Å². The Morgan fingerprint density at radius 2 is 2.00 bits per heavy atom. The third-order valence-corrected chi connectivity index (χ3v) is 2.00. The van der Waals surface area contributed by atoms with Crippen LogP contribution >= 0.6 is 0 Å². The third-order valence-electron chi connectivity index (χ3n) is 2.00. The number of rotatable bonds is 3. The van der Waals surface area contributed by atoms with Gasteiger partial charge in [-0.1, -0.05) is 12.8 Å². The summed E-state index contributed by atoms with van der Waals surface area (Å²) >= 11 is 0. The molecular formula is C7H12O. The minimum atomic E-state index is 0.676. The van der Waals surface area contributed by atoms with Crippen LogP contribution in [0.5, 0.6) is 0 Å². The Morgan fingerprint density at radius 3 is 2.50 bits per heavy atom. The zero-order valence-electron chi connectivity index (χ0n) is 5.10. The van der Waals surface area contributed by atoms with Crippen LogP contribution in [0.1, 0.15) is 25.7 Å². The summed E-state index contributed by atoms with van der Waals surface area (Å²) in [6.07, 6.45) is 6.44. The van der Waals surface area contributed by atoms with Crippen molar-refractivity contribution in [2.24, 2.45) is 5.92 Å². The van der Waals surface area contributed by atoms with Gasteiger partial charge in [0.2, 0.25) is 0 Å². The summed E-state index contributed by atoms with van der Waals surface area (Å²) in [5.74, 6) is 1.10. The molecule has 1 heteroatoms. The summed E-state index contributed by atoms with van der Waals surface area (Å²) in [7, 11) is 0. The van der Waals surface area contributed by atoms with E-state index in [0.717, 1.165) is 12.5 Å². The van der Waals surface area contributed by atoms with E-state index in [1.165, 1.54) is 25.7 Å². The molecule has 1 nitrogen and oxygen atoms in total. The van der Waals surface area contributed by atoms with Crippen molar-refractivity contribution < 1.29 is 4.74 Å². The topological polar surface area (TPSA) is 12.5 Å². The van der Waals surface area contributed by atoms with Gasteiger partial charge in [-0.15, -0.1) is 0 Å². The molecule has 46 valence electrons. The molecule has 0 aromatic carbocycles. The highest BCUT2D eigenvalue weighted by molar-refractivity contribution is 4.77. The predicted octanol–water partition coefficient (Wildman–Crippen LogP) is 1.58. The molecule has 0 bridgehead atoms. The van der Waals surface area contributed by atoms with E-state index in [0.29, 0.717) is 6.10 Å². The Kier molecular flexibility index (Phi) is 1.04. The molecule has 1 aliphatic carbocycles. The van der Waals surface area contributed by atoms with Crippen molar-refractivity contribution in [2.75, 3.05) is 6.61 Å². The maximum Gasteiger partial charge on any atom is 0.0810 e. The lowest BCUT2D eigenvalue weighted by Crippen LogP contribution is -1.84. The first-order valence-corrected chi connectivity index (χ1v) is 3.57. The second kappa shape index (κ2) is 1.73. The van der Waals surface area contributed by atoms with Crippen molar-refractivity contribution in [3.63, 3.8) is 0 Å². The van der Waals surface area contributed by atoms with Crippen LogP contribution in [0.25, 0.3) is 0 Å². The molecule has 0 aromatic heterocycles. The highest BCUT2D eigenvalue weighted by Gasteiger charge is 2.27. The molecule has 1 unspecified atom stereocenters. The minimum absolute atomic E-state index is 0.676. The van der Waals surface area contributed by atoms with Crippen LogP contribution in [0.2, 0.25) is 0 Å². The maximum atomic E-state index is 5.09. The number of ether oxygens (including phenoxy) is 1. The first-order chi connectivity index (χ1) is 3.95. The van der Waals surface area contributed by atoms with Gasteiger partial charge in [-0.3, -0.25) is 0 Å². The van der Waals surface area contributed by atoms with Gasteiger partial charge < -0.3 is 4.74 Å². The fraction of sp³-hybridized carbons (Fsp3) is 1.00. The lowest BCUT2D eigenvalue weighted by Gasteiger charge is -1.89. The minimum Gasteiger partial charge on any atom is -0.373 e. The summed E-state index contributed by atoms with van der Waals surface area (Å²) in [5, 5.41) is 0. The van der Waals surface area contributed by atoms with Crippen LogP contribution in [0, 0.1) is 5.92 Å². The SMILES string of the molecule is C1CC1CCC1CO1. The predicted molar refractivity (Wildman–Crippen MR) is 31.7 cm³/mol. The molecule has 1 saturated heterocycles. The Balaban J connectivity index is 1.56. The molecule has 0 radical (unpaired) electrons. The molecule has 1 aliphatic heterocycles. The van der Waals surface area contributed by atoms with E-state index in [-0.39, 0.29) is 0 Å². The average molecular weight is 112 g/mol. The van der Waals surface area contributed by atoms with Gasteiger partial charge in [-0.2, -0.15) is 0 Å². The fourth-order valence-electron chi connectivity index (χ4n) is 1.06. The summed E-state index contributed by atoms with van der Waals surface area (Å²) in [5.41, 5.74) is 0. The van der Waals surface area contributed by atoms with Gasteiger partial charge in [0, 0.05) is 0 Å². The van der Waals surface area contributed by atoms with E-state index in [2.05, 4.69) is 0 Å². The zero-order chi connectivity index (χ0) is 5.40. The van der Waals surface area contributed by atoms with E-state index < -0.39 is 0 Å². The molecule has 0 spiro atoms. The fourth-order valence-corrected chi connectivity index (χ4v) is 1.06. The van der Waals surface area contributed by atoms with Crippen molar-refractivity contribution in [3.8, 4) is 0 Å². The van der Waals surface area contributed by atoms with Crippen molar-refractivity contribution >= 4 is 0 Å². The van der Waals surface area contributed by atoms with Gasteiger partial charge in [-0.05, 0) is 18.8 Å². The van der Waals surface area contributed by atoms with Gasteiger partial charge in [0.25, 0.3) is 0 Å². The normalized spacial score (nSPS) is 35.2. The van der Waals surface area contributed by atoms with E-state index in [1.807, 2.05) is 0 Å². The van der Waals surface area contributed by atoms with Crippen molar-refractivity contribution in [1.82, 2.24) is 0 Å². The number of hydrogen-bond donors (Lipinski definition) is 0. The summed E-state index contributed by atoms with van der Waals surface area (Å²) in [6.45, 7) is 1.05. The molecule has 2 aliphatic rings. The third kappa shape index (κ3) is 1.22. The van der Waals surface area contributed by atoms with Gasteiger partial charge in [0.05, 0.1) is 12.7 Å². The smallest absolute Gasteiger partial charge is 0.0810 e. The van der Waals surface area contributed by atoms with Crippen LogP contribution in [0.3, 0.4) is 0 Å². The van der Waals surface area contributed by atoms with Crippen molar-refractivity contribution in [1.29, 1.82) is 0 Å². The number of hydrogen-bond acceptors (Lipinski definition) is 1. The molecule has 8 heavy (non-hydrogen) atoms. The van der Waals surface area contributed by atoms with E-state index in [4.69, 9.17) is 4.74 Å². The average Bonchev–Trinajstić information content (AvgIpc) is 2.60. The summed E-state index contributed by atoms with van der Waals surface area (Å²) < 4.78 is 5.09. The Hall–Kier alpha value is -0.0400. The van der Waals surface area contributed by atoms with Gasteiger partial charge in [0.15, 0.2) is 0 Å². The Labute approximate surface area is 50.0 Å². The molecule has 0 amide bonds. The van der Waals surface area contributed by atoms with Crippen LogP contribution in [0.15, 0.2) is 0 Å². The number of epoxide rings is 1. The molecule has 0 aromatic rings. The second-order valence-corrected chi connectivity index (χ2v) is 2.98. The molecule has 1 saturated carbocycles. The lowest BCUT2D eigenvalue weighted by molar-refractivity contribution is 0.387. The summed E-state index contributed by atoms with van der Waals surface area (Å²) in [4.78, 5) is 0. The second-order valence-electron chi connectivity index (χ2n) is 2.98. The van der Waals surface area contributed by atoms with E-state index in [1.54, 1.807) is 0 Å². The zero-order valence-corrected chi connectivity index (χ0v) is 5.10. The molecule has 0 N–H and O–H groups in total. The molecule has 2 fully saturated rings. The van der Waals surface area contributed by atoms with Crippen LogP contribution in [0.4, 0.5) is 0 Å². The first-order valence-electron chi connectivity index (χ1n) is 3.57. The lowest BCUT2D eigenvalue weighted by atomic mass is 10.2. The van der Waals surface area contributed by atoms with Crippen LogP contribution in [-0.4, -0.2) is 12.7 Å². The van der Waals surface area contributed by atoms with Gasteiger partial charge in [0.1, 0.15) is 0 Å². The van der Waals surface area contributed by atoms with Gasteiger partial charge in [-0.25, -0.2) is 0 Å². The molecular weight excluding hydrogens is 100 g/mol. The molecule has 2 rings (SSSR count). The highest BCUT2D eigenvalue weighted by Crippen LogP contribution is 2.35. The first kappa shape index (κ1) is 4.80. The summed E-state index contributed by atoms with van der Waals surface area (Å²) in [6, 6.07) is 0. The van der Waals surface area contributed by atoms with Crippen LogP contribution < -0.4 is 0 Å².